The van der Waals surface area contributed by atoms with Gasteiger partial charge in [0.2, 0.25) is 5.88 Å². The van der Waals surface area contributed by atoms with E-state index in [9.17, 15) is 0 Å². The molecule has 0 unspecified atom stereocenters. The maximum Gasteiger partial charge on any atom is 0.240 e. The molecule has 2 aromatic rings. The first-order valence-corrected chi connectivity index (χ1v) is 7.96. The monoisotopic (exact) mass is 297 g/mol. The van der Waals surface area contributed by atoms with Crippen LogP contribution in [0.1, 0.15) is 19.3 Å². The Bertz CT molecular complexity index is 685. The molecule has 0 spiro atoms. The van der Waals surface area contributed by atoms with E-state index in [0.29, 0.717) is 6.61 Å². The van der Waals surface area contributed by atoms with Gasteiger partial charge in [-0.15, -0.1) is 5.10 Å². The Balaban J connectivity index is 1.80. The Morgan fingerprint density at radius 1 is 1.32 bits per heavy atom. The summed E-state index contributed by atoms with van der Waals surface area (Å²) in [6.07, 6.45) is 9.77. The second-order valence-corrected chi connectivity index (χ2v) is 5.58. The van der Waals surface area contributed by atoms with E-state index in [-0.39, 0.29) is 0 Å². The van der Waals surface area contributed by atoms with Crippen LogP contribution in [0, 0.1) is 0 Å². The zero-order valence-corrected chi connectivity index (χ0v) is 13.1. The van der Waals surface area contributed by atoms with Crippen molar-refractivity contribution in [2.45, 2.75) is 25.8 Å². The Hall–Kier alpha value is -2.07. The maximum absolute atomic E-state index is 5.89. The average Bonchev–Trinajstić information content (AvgIpc) is 2.91. The molecule has 0 atom stereocenters. The predicted octanol–water partition coefficient (Wildman–Crippen LogP) is 3.30. The molecule has 1 aromatic carbocycles. The van der Waals surface area contributed by atoms with Gasteiger partial charge >= 0.3 is 0 Å². The van der Waals surface area contributed by atoms with Crippen molar-refractivity contribution in [2.24, 2.45) is 0 Å². The van der Waals surface area contributed by atoms with Crippen LogP contribution in [0.25, 0.3) is 10.9 Å². The molecule has 3 rings (SSSR count). The fourth-order valence-corrected chi connectivity index (χ4v) is 2.72. The molecule has 0 radical (unpaired) electrons. The van der Waals surface area contributed by atoms with Crippen molar-refractivity contribution < 1.29 is 4.74 Å². The summed E-state index contributed by atoms with van der Waals surface area (Å²) in [6.45, 7) is 2.48. The van der Waals surface area contributed by atoms with E-state index >= 15 is 0 Å². The summed E-state index contributed by atoms with van der Waals surface area (Å²) in [5, 5.41) is 8.92. The molecule has 1 heterocycles. The summed E-state index contributed by atoms with van der Waals surface area (Å²) in [4.78, 5) is 0. The summed E-state index contributed by atoms with van der Waals surface area (Å²) < 4.78 is 7.95. The van der Waals surface area contributed by atoms with Gasteiger partial charge in [0, 0.05) is 0 Å². The van der Waals surface area contributed by atoms with Gasteiger partial charge in [0.15, 0.2) is 0 Å². The highest BCUT2D eigenvalue weighted by Crippen LogP contribution is 2.26. The number of hydrogen-bond donors (Lipinski definition) is 1. The van der Waals surface area contributed by atoms with Crippen LogP contribution in [0.15, 0.2) is 48.1 Å². The van der Waals surface area contributed by atoms with Crippen LogP contribution in [0.5, 0.6) is 5.88 Å². The van der Waals surface area contributed by atoms with Gasteiger partial charge in [0.05, 0.1) is 24.1 Å². The second kappa shape index (κ2) is 7.27. The van der Waals surface area contributed by atoms with Gasteiger partial charge in [-0.2, -0.15) is 0 Å². The Kier molecular flexibility index (Phi) is 4.91. The normalized spacial score (nSPS) is 14.3. The molecule has 0 saturated heterocycles. The van der Waals surface area contributed by atoms with E-state index in [2.05, 4.69) is 46.4 Å². The van der Waals surface area contributed by atoms with Crippen molar-refractivity contribution in [1.29, 1.82) is 0 Å². The molecule has 1 aliphatic rings. The van der Waals surface area contributed by atoms with Gasteiger partial charge in [-0.1, -0.05) is 30.4 Å². The lowest BCUT2D eigenvalue weighted by Crippen LogP contribution is -2.12. The van der Waals surface area contributed by atoms with E-state index in [1.807, 2.05) is 13.1 Å². The van der Waals surface area contributed by atoms with Crippen LogP contribution in [0.3, 0.4) is 0 Å². The standard InChI is InChI=1S/C18H23N3O/c1-19-12-7-13-22-18-16-10-5-6-11-17(16)21(20-18)14-15-8-3-2-4-9-15/h2-3,5-6,8,10-11,19H,4,7,9,12-14H2,1H3. The number of hydrogen-bond acceptors (Lipinski definition) is 3. The second-order valence-electron chi connectivity index (χ2n) is 5.58. The molecule has 22 heavy (non-hydrogen) atoms. The largest absolute Gasteiger partial charge is 0.476 e. The Morgan fingerprint density at radius 2 is 2.23 bits per heavy atom. The lowest BCUT2D eigenvalue weighted by molar-refractivity contribution is 0.297. The van der Waals surface area contributed by atoms with Crippen LogP contribution >= 0.6 is 0 Å². The predicted molar refractivity (Wildman–Crippen MR) is 90.2 cm³/mol. The van der Waals surface area contributed by atoms with Gasteiger partial charge in [-0.25, -0.2) is 0 Å². The molecule has 4 heteroatoms. The molecule has 0 amide bonds. The number of fused-ring (bicyclic) bond motifs is 1. The molecule has 0 fully saturated rings. The zero-order chi connectivity index (χ0) is 15.2. The lowest BCUT2D eigenvalue weighted by atomic mass is 10.1. The first-order chi connectivity index (χ1) is 10.9. The van der Waals surface area contributed by atoms with Crippen molar-refractivity contribution >= 4 is 10.9 Å². The first-order valence-electron chi connectivity index (χ1n) is 7.96. The van der Waals surface area contributed by atoms with Crippen LogP contribution < -0.4 is 10.1 Å². The van der Waals surface area contributed by atoms with E-state index in [0.717, 1.165) is 49.1 Å². The maximum atomic E-state index is 5.89. The van der Waals surface area contributed by atoms with Gasteiger partial charge in [-0.3, -0.25) is 4.68 Å². The molecule has 0 saturated carbocycles. The quantitative estimate of drug-likeness (QED) is 0.797. The number of ether oxygens (including phenoxy) is 1. The minimum atomic E-state index is 0.688. The van der Waals surface area contributed by atoms with Crippen molar-refractivity contribution in [3.63, 3.8) is 0 Å². The molecular weight excluding hydrogens is 274 g/mol. The summed E-state index contributed by atoms with van der Waals surface area (Å²) in [7, 11) is 1.95. The first kappa shape index (κ1) is 14.9. The minimum Gasteiger partial charge on any atom is -0.476 e. The van der Waals surface area contributed by atoms with Crippen molar-refractivity contribution in [1.82, 2.24) is 15.1 Å². The lowest BCUT2D eigenvalue weighted by Gasteiger charge is -2.09. The fourth-order valence-electron chi connectivity index (χ4n) is 2.72. The molecule has 4 nitrogen and oxygen atoms in total. The van der Waals surface area contributed by atoms with Crippen LogP contribution in [-0.4, -0.2) is 30.0 Å². The summed E-state index contributed by atoms with van der Waals surface area (Å²) in [6, 6.07) is 8.29. The van der Waals surface area contributed by atoms with Crippen molar-refractivity contribution in [2.75, 3.05) is 20.2 Å². The third kappa shape index (κ3) is 3.39. The van der Waals surface area contributed by atoms with E-state index < -0.39 is 0 Å². The van der Waals surface area contributed by atoms with Crippen LogP contribution in [0.2, 0.25) is 0 Å². The smallest absolute Gasteiger partial charge is 0.240 e. The van der Waals surface area contributed by atoms with E-state index in [4.69, 9.17) is 9.84 Å². The number of nitrogens with zero attached hydrogens (tertiary/aromatic N) is 2. The Morgan fingerprint density at radius 3 is 3.05 bits per heavy atom. The number of para-hydroxylation sites is 1. The highest BCUT2D eigenvalue weighted by molar-refractivity contribution is 5.84. The fraction of sp³-hybridized carbons (Fsp3) is 0.389. The third-order valence-corrected chi connectivity index (χ3v) is 3.89. The SMILES string of the molecule is CNCCCOc1nn(CC2=CC=CCC2)c2ccccc12. The van der Waals surface area contributed by atoms with Crippen LogP contribution in [-0.2, 0) is 6.54 Å². The number of benzene rings is 1. The number of nitrogens with one attached hydrogen (secondary N) is 1. The molecule has 116 valence electrons. The van der Waals surface area contributed by atoms with Gasteiger partial charge in [-0.05, 0) is 50.6 Å². The summed E-state index contributed by atoms with van der Waals surface area (Å²) >= 11 is 0. The van der Waals surface area contributed by atoms with Gasteiger partial charge in [0.1, 0.15) is 0 Å². The van der Waals surface area contributed by atoms with Crippen LogP contribution in [0.4, 0.5) is 0 Å². The highest BCUT2D eigenvalue weighted by atomic mass is 16.5. The Labute approximate surface area is 131 Å². The highest BCUT2D eigenvalue weighted by Gasteiger charge is 2.12. The van der Waals surface area contributed by atoms with Crippen molar-refractivity contribution in [3.05, 3.63) is 48.1 Å². The molecule has 1 N–H and O–H groups in total. The summed E-state index contributed by atoms with van der Waals surface area (Å²) in [5.41, 5.74) is 2.55. The number of aromatic nitrogens is 2. The average molecular weight is 297 g/mol. The number of allylic oxidation sites excluding steroid dienone is 4. The third-order valence-electron chi connectivity index (χ3n) is 3.89. The molecule has 0 aliphatic heterocycles. The van der Waals surface area contributed by atoms with Gasteiger partial charge in [0.25, 0.3) is 0 Å². The topological polar surface area (TPSA) is 39.1 Å². The molecule has 1 aliphatic carbocycles. The van der Waals surface area contributed by atoms with Gasteiger partial charge < -0.3 is 10.1 Å². The molecule has 1 aromatic heterocycles. The number of rotatable bonds is 7. The minimum absolute atomic E-state index is 0.688. The van der Waals surface area contributed by atoms with E-state index in [1.165, 1.54) is 5.57 Å². The van der Waals surface area contributed by atoms with E-state index in [1.54, 1.807) is 0 Å². The molecular formula is C18H23N3O. The van der Waals surface area contributed by atoms with Crippen molar-refractivity contribution in [3.8, 4) is 5.88 Å². The zero-order valence-electron chi connectivity index (χ0n) is 13.1. The molecule has 0 bridgehead atoms. The summed E-state index contributed by atoms with van der Waals surface area (Å²) in [5.74, 6) is 0.749.